The van der Waals surface area contributed by atoms with Gasteiger partial charge in [0.05, 0.1) is 25.2 Å². The smallest absolute Gasteiger partial charge is 0.339 e. The summed E-state index contributed by atoms with van der Waals surface area (Å²) in [5.74, 6) is -0.381. The molecule has 1 N–H and O–H groups in total. The van der Waals surface area contributed by atoms with E-state index in [9.17, 15) is 4.79 Å². The Balaban J connectivity index is 2.60. The van der Waals surface area contributed by atoms with Gasteiger partial charge in [-0.25, -0.2) is 4.79 Å². The van der Waals surface area contributed by atoms with Gasteiger partial charge in [-0.05, 0) is 45.2 Å². The highest BCUT2D eigenvalue weighted by Crippen LogP contribution is 2.31. The van der Waals surface area contributed by atoms with Crippen molar-refractivity contribution in [1.29, 1.82) is 5.26 Å². The Morgan fingerprint density at radius 2 is 2.10 bits per heavy atom. The summed E-state index contributed by atoms with van der Waals surface area (Å²) in [6, 6.07) is 7.02. The third-order valence-corrected chi connectivity index (χ3v) is 3.17. The van der Waals surface area contributed by atoms with Crippen LogP contribution in [0.15, 0.2) is 18.2 Å². The third kappa shape index (κ3) is 4.99. The van der Waals surface area contributed by atoms with Crippen molar-refractivity contribution in [1.82, 2.24) is 0 Å². The predicted molar refractivity (Wildman–Crippen MR) is 78.7 cm³/mol. The summed E-state index contributed by atoms with van der Waals surface area (Å²) in [4.78, 5) is 11.2. The monoisotopic (exact) mass is 291 g/mol. The molecule has 0 heterocycles. The Morgan fingerprint density at radius 3 is 2.67 bits per heavy atom. The van der Waals surface area contributed by atoms with Crippen LogP contribution in [0.4, 0.5) is 0 Å². The van der Waals surface area contributed by atoms with Crippen molar-refractivity contribution >= 4 is 5.97 Å². The Hall–Kier alpha value is -2.22. The predicted octanol–water partition coefficient (Wildman–Crippen LogP) is 3.49. The van der Waals surface area contributed by atoms with Crippen LogP contribution in [0.25, 0.3) is 0 Å². The Morgan fingerprint density at radius 1 is 1.38 bits per heavy atom. The molecular weight excluding hydrogens is 270 g/mol. The van der Waals surface area contributed by atoms with Crippen LogP contribution < -0.4 is 9.47 Å². The molecule has 0 saturated carbocycles. The molecule has 1 rings (SSSR count). The molecule has 0 aliphatic heterocycles. The van der Waals surface area contributed by atoms with Gasteiger partial charge in [-0.2, -0.15) is 5.26 Å². The van der Waals surface area contributed by atoms with E-state index in [-0.39, 0.29) is 16.7 Å². The van der Waals surface area contributed by atoms with E-state index in [2.05, 4.69) is 6.07 Å². The lowest BCUT2D eigenvalue weighted by molar-refractivity contribution is 0.0691. The van der Waals surface area contributed by atoms with Gasteiger partial charge in [0, 0.05) is 0 Å². The van der Waals surface area contributed by atoms with Crippen LogP contribution >= 0.6 is 0 Å². The number of hydrogen-bond donors (Lipinski definition) is 1. The highest BCUT2D eigenvalue weighted by atomic mass is 16.5. The van der Waals surface area contributed by atoms with E-state index in [0.29, 0.717) is 12.4 Å². The van der Waals surface area contributed by atoms with Crippen molar-refractivity contribution in [3.8, 4) is 17.6 Å². The van der Waals surface area contributed by atoms with Crippen LogP contribution in [-0.4, -0.2) is 24.8 Å². The largest absolute Gasteiger partial charge is 0.493 e. The maximum Gasteiger partial charge on any atom is 0.339 e. The Bertz CT molecular complexity index is 532. The SMILES string of the molecule is COc1cccc(C(=O)O)c1OCCCCC(C)(C)C#N. The topological polar surface area (TPSA) is 79.6 Å². The fraction of sp³-hybridized carbons (Fsp3) is 0.500. The number of carboxylic acids is 1. The number of aromatic carboxylic acids is 1. The fourth-order valence-corrected chi connectivity index (χ4v) is 1.89. The first-order valence-electron chi connectivity index (χ1n) is 6.85. The van der Waals surface area contributed by atoms with Gasteiger partial charge in [0.15, 0.2) is 11.5 Å². The lowest BCUT2D eigenvalue weighted by Gasteiger charge is -2.15. The van der Waals surface area contributed by atoms with Crippen molar-refractivity contribution in [2.24, 2.45) is 5.41 Å². The number of para-hydroxylation sites is 1. The lowest BCUT2D eigenvalue weighted by Crippen LogP contribution is -2.09. The average Bonchev–Trinajstić information content (AvgIpc) is 2.46. The molecule has 0 radical (unpaired) electrons. The molecule has 0 unspecified atom stereocenters. The normalized spacial score (nSPS) is 10.8. The molecule has 1 aromatic rings. The van der Waals surface area contributed by atoms with Crippen LogP contribution in [-0.2, 0) is 0 Å². The van der Waals surface area contributed by atoms with Crippen LogP contribution in [0, 0.1) is 16.7 Å². The molecular formula is C16H21NO4. The summed E-state index contributed by atoms with van der Waals surface area (Å²) in [6.45, 7) is 4.19. The standard InChI is InChI=1S/C16H21NO4/c1-16(2,11-17)9-4-5-10-21-14-12(15(18)19)7-6-8-13(14)20-3/h6-8H,4-5,9-10H2,1-3H3,(H,18,19). The van der Waals surface area contributed by atoms with Gasteiger partial charge in [-0.15, -0.1) is 0 Å². The third-order valence-electron chi connectivity index (χ3n) is 3.17. The van der Waals surface area contributed by atoms with Crippen molar-refractivity contribution in [3.63, 3.8) is 0 Å². The van der Waals surface area contributed by atoms with E-state index < -0.39 is 5.97 Å². The second-order valence-electron chi connectivity index (χ2n) is 5.44. The van der Waals surface area contributed by atoms with Crippen LogP contribution in [0.3, 0.4) is 0 Å². The second-order valence-corrected chi connectivity index (χ2v) is 5.44. The number of ether oxygens (including phenoxy) is 2. The molecule has 0 saturated heterocycles. The lowest BCUT2D eigenvalue weighted by atomic mass is 9.89. The van der Waals surface area contributed by atoms with E-state index in [1.165, 1.54) is 13.2 Å². The van der Waals surface area contributed by atoms with Crippen LogP contribution in [0.2, 0.25) is 0 Å². The molecule has 21 heavy (non-hydrogen) atoms. The average molecular weight is 291 g/mol. The molecule has 0 spiro atoms. The molecule has 5 nitrogen and oxygen atoms in total. The van der Waals surface area contributed by atoms with Crippen molar-refractivity contribution < 1.29 is 19.4 Å². The minimum Gasteiger partial charge on any atom is -0.493 e. The maximum absolute atomic E-state index is 11.2. The van der Waals surface area contributed by atoms with Crippen molar-refractivity contribution in [2.45, 2.75) is 33.1 Å². The van der Waals surface area contributed by atoms with E-state index in [0.717, 1.165) is 19.3 Å². The number of benzene rings is 1. The van der Waals surface area contributed by atoms with Gasteiger partial charge in [0.1, 0.15) is 5.56 Å². The number of nitriles is 1. The summed E-state index contributed by atoms with van der Waals surface area (Å²) >= 11 is 0. The van der Waals surface area contributed by atoms with Crippen molar-refractivity contribution in [3.05, 3.63) is 23.8 Å². The molecule has 114 valence electrons. The Labute approximate surface area is 125 Å². The zero-order valence-corrected chi connectivity index (χ0v) is 12.7. The Kier molecular flexibility index (Phi) is 6.04. The zero-order chi connectivity index (χ0) is 15.9. The zero-order valence-electron chi connectivity index (χ0n) is 12.7. The summed E-state index contributed by atoms with van der Waals surface area (Å²) < 4.78 is 10.7. The van der Waals surface area contributed by atoms with Crippen LogP contribution in [0.1, 0.15) is 43.5 Å². The summed E-state index contributed by atoms with van der Waals surface area (Å²) in [6.07, 6.45) is 2.38. The molecule has 0 atom stereocenters. The molecule has 0 aliphatic carbocycles. The number of nitrogens with zero attached hydrogens (tertiary/aromatic N) is 1. The maximum atomic E-state index is 11.2. The molecule has 1 aromatic carbocycles. The molecule has 0 aromatic heterocycles. The van der Waals surface area contributed by atoms with Gasteiger partial charge in [-0.3, -0.25) is 0 Å². The fourth-order valence-electron chi connectivity index (χ4n) is 1.89. The van der Waals surface area contributed by atoms with Gasteiger partial charge in [0.2, 0.25) is 0 Å². The minimum atomic E-state index is -1.05. The van der Waals surface area contributed by atoms with Gasteiger partial charge >= 0.3 is 5.97 Å². The summed E-state index contributed by atoms with van der Waals surface area (Å²) in [5, 5.41) is 18.1. The highest BCUT2D eigenvalue weighted by molar-refractivity contribution is 5.92. The highest BCUT2D eigenvalue weighted by Gasteiger charge is 2.17. The second kappa shape index (κ2) is 7.53. The van der Waals surface area contributed by atoms with E-state index in [1.807, 2.05) is 13.8 Å². The number of hydrogen-bond acceptors (Lipinski definition) is 4. The summed E-state index contributed by atoms with van der Waals surface area (Å²) in [5.41, 5.74) is -0.247. The summed E-state index contributed by atoms with van der Waals surface area (Å²) in [7, 11) is 1.48. The molecule has 0 fully saturated rings. The first kappa shape index (κ1) is 16.8. The number of carbonyl (C=O) groups is 1. The molecule has 5 heteroatoms. The van der Waals surface area contributed by atoms with Crippen LogP contribution in [0.5, 0.6) is 11.5 Å². The molecule has 0 bridgehead atoms. The first-order valence-corrected chi connectivity index (χ1v) is 6.85. The first-order chi connectivity index (χ1) is 9.91. The number of rotatable bonds is 8. The van der Waals surface area contributed by atoms with E-state index >= 15 is 0 Å². The molecule has 0 amide bonds. The van der Waals surface area contributed by atoms with Crippen molar-refractivity contribution in [2.75, 3.05) is 13.7 Å². The number of carboxylic acid groups (broad SMARTS) is 1. The van der Waals surface area contributed by atoms with Gasteiger partial charge in [-0.1, -0.05) is 6.07 Å². The minimum absolute atomic E-state index is 0.0895. The van der Waals surface area contributed by atoms with Gasteiger partial charge < -0.3 is 14.6 Å². The number of methoxy groups -OCH3 is 1. The molecule has 0 aliphatic rings. The van der Waals surface area contributed by atoms with E-state index in [4.69, 9.17) is 19.8 Å². The quantitative estimate of drug-likeness (QED) is 0.741. The number of unbranched alkanes of at least 4 members (excludes halogenated alkanes) is 1. The van der Waals surface area contributed by atoms with Gasteiger partial charge in [0.25, 0.3) is 0 Å². The van der Waals surface area contributed by atoms with E-state index in [1.54, 1.807) is 12.1 Å².